The number of hydrogen-bond donors (Lipinski definition) is 1. The number of aromatic nitrogens is 1. The fourth-order valence-corrected chi connectivity index (χ4v) is 4.61. The molecule has 4 aromatic rings. The van der Waals surface area contributed by atoms with Gasteiger partial charge in [-0.1, -0.05) is 48.5 Å². The zero-order valence-corrected chi connectivity index (χ0v) is 17.8. The normalized spacial score (nSPS) is 12.7. The molecule has 0 fully saturated rings. The molecule has 3 amide bonds. The first-order valence-electron chi connectivity index (χ1n) is 9.95. The van der Waals surface area contributed by atoms with E-state index in [4.69, 9.17) is 0 Å². The minimum absolute atomic E-state index is 0.290. The van der Waals surface area contributed by atoms with E-state index in [2.05, 4.69) is 10.3 Å². The fourth-order valence-electron chi connectivity index (χ4n) is 3.65. The maximum Gasteiger partial charge on any atom is 0.267 e. The van der Waals surface area contributed by atoms with Crippen molar-refractivity contribution >= 4 is 40.4 Å². The molecule has 0 spiro atoms. The molecule has 0 saturated carbocycles. The number of nitrogens with zero attached hydrogens (tertiary/aromatic N) is 2. The third-order valence-corrected chi connectivity index (χ3v) is 6.39. The number of thiazole rings is 1. The van der Waals surface area contributed by atoms with Crippen molar-refractivity contribution in [2.24, 2.45) is 0 Å². The Labute approximate surface area is 188 Å². The number of carbonyl (C=O) groups excluding carboxylic acids is 3. The second-order valence-electron chi connectivity index (χ2n) is 7.30. The summed E-state index contributed by atoms with van der Waals surface area (Å²) in [6.07, 6.45) is 0. The molecule has 5 rings (SSSR count). The third-order valence-electron chi connectivity index (χ3n) is 5.18. The maximum atomic E-state index is 12.9. The van der Waals surface area contributed by atoms with Crippen LogP contribution in [0.1, 0.15) is 36.1 Å². The van der Waals surface area contributed by atoms with Crippen LogP contribution in [0.3, 0.4) is 0 Å². The zero-order chi connectivity index (χ0) is 22.2. The molecule has 7 heteroatoms. The van der Waals surface area contributed by atoms with E-state index in [0.717, 1.165) is 15.5 Å². The number of benzene rings is 3. The van der Waals surface area contributed by atoms with E-state index < -0.39 is 0 Å². The molecule has 0 radical (unpaired) electrons. The van der Waals surface area contributed by atoms with Crippen LogP contribution in [0.2, 0.25) is 0 Å². The van der Waals surface area contributed by atoms with Crippen molar-refractivity contribution in [2.45, 2.75) is 6.92 Å². The van der Waals surface area contributed by atoms with Crippen LogP contribution in [0.4, 0.5) is 11.4 Å². The summed E-state index contributed by atoms with van der Waals surface area (Å²) >= 11 is 1.32. The predicted octanol–water partition coefficient (Wildman–Crippen LogP) is 5.17. The van der Waals surface area contributed by atoms with Crippen molar-refractivity contribution in [2.75, 3.05) is 10.2 Å². The van der Waals surface area contributed by atoms with Gasteiger partial charge in [0.2, 0.25) is 0 Å². The molecule has 6 nitrogen and oxygen atoms in total. The first-order chi connectivity index (χ1) is 15.5. The Hall–Kier alpha value is -4.10. The van der Waals surface area contributed by atoms with Gasteiger partial charge in [0.05, 0.1) is 22.5 Å². The maximum absolute atomic E-state index is 12.9. The highest BCUT2D eigenvalue weighted by Gasteiger charge is 2.36. The fraction of sp³-hybridized carbons (Fsp3) is 0.0400. The van der Waals surface area contributed by atoms with Gasteiger partial charge in [-0.25, -0.2) is 9.88 Å². The summed E-state index contributed by atoms with van der Waals surface area (Å²) in [6.45, 7) is 1.80. The SMILES string of the molecule is Cc1nc(-c2ccccc2)sc1C(=O)Nc1cccc(N2C(=O)c3ccccc3C2=O)c1. The van der Waals surface area contributed by atoms with Crippen molar-refractivity contribution in [3.05, 3.63) is 101 Å². The van der Waals surface area contributed by atoms with Crippen LogP contribution < -0.4 is 10.2 Å². The summed E-state index contributed by atoms with van der Waals surface area (Å²) in [5.74, 6) is -1.04. The van der Waals surface area contributed by atoms with Crippen LogP contribution >= 0.6 is 11.3 Å². The number of anilines is 2. The van der Waals surface area contributed by atoms with Crippen molar-refractivity contribution in [3.63, 3.8) is 0 Å². The van der Waals surface area contributed by atoms with Gasteiger partial charge in [0.15, 0.2) is 0 Å². The summed E-state index contributed by atoms with van der Waals surface area (Å²) in [5.41, 5.74) is 3.23. The third kappa shape index (κ3) is 3.38. The lowest BCUT2D eigenvalue weighted by Gasteiger charge is -2.15. The molecule has 1 aliphatic rings. The van der Waals surface area contributed by atoms with Gasteiger partial charge < -0.3 is 5.32 Å². The molecule has 156 valence electrons. The zero-order valence-electron chi connectivity index (χ0n) is 17.0. The smallest absolute Gasteiger partial charge is 0.267 e. The first-order valence-corrected chi connectivity index (χ1v) is 10.8. The standard InChI is InChI=1S/C25H17N3O3S/c1-15-21(32-23(26-15)16-8-3-2-4-9-16)22(29)27-17-10-7-11-18(14-17)28-24(30)19-12-5-6-13-20(19)25(28)31/h2-14H,1H3,(H,27,29). The van der Waals surface area contributed by atoms with E-state index in [0.29, 0.717) is 33.1 Å². The van der Waals surface area contributed by atoms with Gasteiger partial charge in [-0.2, -0.15) is 0 Å². The Balaban J connectivity index is 1.40. The van der Waals surface area contributed by atoms with E-state index >= 15 is 0 Å². The lowest BCUT2D eigenvalue weighted by molar-refractivity contribution is 0.0925. The summed E-state index contributed by atoms with van der Waals surface area (Å²) in [6, 6.07) is 23.1. The number of amides is 3. The van der Waals surface area contributed by atoms with Crippen LogP contribution in [-0.2, 0) is 0 Å². The molecule has 1 aromatic heterocycles. The van der Waals surface area contributed by atoms with E-state index in [1.807, 2.05) is 30.3 Å². The molecule has 0 aliphatic carbocycles. The second kappa shape index (κ2) is 7.86. The lowest BCUT2D eigenvalue weighted by Crippen LogP contribution is -2.29. The molecular weight excluding hydrogens is 422 g/mol. The largest absolute Gasteiger partial charge is 0.321 e. The Morgan fingerprint density at radius 1 is 0.875 bits per heavy atom. The van der Waals surface area contributed by atoms with Gasteiger partial charge >= 0.3 is 0 Å². The van der Waals surface area contributed by atoms with E-state index in [1.165, 1.54) is 11.3 Å². The number of carbonyl (C=O) groups is 3. The van der Waals surface area contributed by atoms with Gasteiger partial charge in [0.1, 0.15) is 9.88 Å². The van der Waals surface area contributed by atoms with Crippen LogP contribution in [0.25, 0.3) is 10.6 Å². The second-order valence-corrected chi connectivity index (χ2v) is 8.29. The molecule has 0 bridgehead atoms. The Bertz CT molecular complexity index is 1340. The van der Waals surface area contributed by atoms with Crippen LogP contribution in [0, 0.1) is 6.92 Å². The number of aryl methyl sites for hydroxylation is 1. The Morgan fingerprint density at radius 3 is 2.22 bits per heavy atom. The predicted molar refractivity (Wildman–Crippen MR) is 124 cm³/mol. The Kier molecular flexibility index (Phi) is 4.88. The highest BCUT2D eigenvalue weighted by molar-refractivity contribution is 7.17. The average molecular weight is 439 g/mol. The molecule has 0 saturated heterocycles. The highest BCUT2D eigenvalue weighted by Crippen LogP contribution is 2.31. The lowest BCUT2D eigenvalue weighted by atomic mass is 10.1. The highest BCUT2D eigenvalue weighted by atomic mass is 32.1. The van der Waals surface area contributed by atoms with Crippen LogP contribution in [0.5, 0.6) is 0 Å². The van der Waals surface area contributed by atoms with Gasteiger partial charge in [-0.3, -0.25) is 14.4 Å². The van der Waals surface area contributed by atoms with Crippen molar-refractivity contribution < 1.29 is 14.4 Å². The van der Waals surface area contributed by atoms with E-state index in [1.54, 1.807) is 55.5 Å². The molecule has 32 heavy (non-hydrogen) atoms. The molecule has 0 unspecified atom stereocenters. The first kappa shape index (κ1) is 19.8. The molecule has 1 N–H and O–H groups in total. The van der Waals surface area contributed by atoms with Crippen molar-refractivity contribution in [3.8, 4) is 10.6 Å². The quantitative estimate of drug-likeness (QED) is 0.445. The van der Waals surface area contributed by atoms with Gasteiger partial charge in [-0.05, 0) is 37.3 Å². The number of imide groups is 1. The van der Waals surface area contributed by atoms with E-state index in [9.17, 15) is 14.4 Å². The summed E-state index contributed by atoms with van der Waals surface area (Å²) in [4.78, 5) is 44.6. The van der Waals surface area contributed by atoms with Crippen molar-refractivity contribution in [1.29, 1.82) is 0 Å². The van der Waals surface area contributed by atoms with Crippen molar-refractivity contribution in [1.82, 2.24) is 4.98 Å². The van der Waals surface area contributed by atoms with E-state index in [-0.39, 0.29) is 17.7 Å². The number of nitrogens with one attached hydrogen (secondary N) is 1. The average Bonchev–Trinajstić information content (AvgIpc) is 3.32. The number of rotatable bonds is 4. The number of fused-ring (bicyclic) bond motifs is 1. The summed E-state index contributed by atoms with van der Waals surface area (Å²) < 4.78 is 0. The minimum atomic E-state index is -0.375. The topological polar surface area (TPSA) is 79.4 Å². The molecule has 0 atom stereocenters. The van der Waals surface area contributed by atoms with Gasteiger partial charge in [0.25, 0.3) is 17.7 Å². The number of hydrogen-bond acceptors (Lipinski definition) is 5. The summed E-state index contributed by atoms with van der Waals surface area (Å²) in [5, 5.41) is 3.63. The molecule has 2 heterocycles. The summed E-state index contributed by atoms with van der Waals surface area (Å²) in [7, 11) is 0. The Morgan fingerprint density at radius 2 is 1.53 bits per heavy atom. The molecule has 3 aromatic carbocycles. The molecule has 1 aliphatic heterocycles. The molecular formula is C25H17N3O3S. The van der Waals surface area contributed by atoms with Crippen LogP contribution in [0.15, 0.2) is 78.9 Å². The van der Waals surface area contributed by atoms with Crippen LogP contribution in [-0.4, -0.2) is 22.7 Å². The minimum Gasteiger partial charge on any atom is -0.321 e. The van der Waals surface area contributed by atoms with Gasteiger partial charge in [-0.15, -0.1) is 11.3 Å². The van der Waals surface area contributed by atoms with Gasteiger partial charge in [0, 0.05) is 11.3 Å². The monoisotopic (exact) mass is 439 g/mol.